The Morgan fingerprint density at radius 3 is 2.23 bits per heavy atom. The maximum absolute atomic E-state index is 13.5. The van der Waals surface area contributed by atoms with Crippen LogP contribution in [0.15, 0.2) is 35.1 Å². The molecule has 2 atom stereocenters. The van der Waals surface area contributed by atoms with Gasteiger partial charge in [-0.25, -0.2) is 4.79 Å². The van der Waals surface area contributed by atoms with Crippen LogP contribution in [0, 0.1) is 17.8 Å². The number of ether oxygens (including phenoxy) is 2. The van der Waals surface area contributed by atoms with Crippen LogP contribution in [-0.2, 0) is 10.9 Å². The number of nitrogens with zero attached hydrogens (tertiary/aromatic N) is 1. The molecule has 0 radical (unpaired) electrons. The van der Waals surface area contributed by atoms with Crippen molar-refractivity contribution in [3.05, 3.63) is 51.9 Å². The zero-order valence-electron chi connectivity index (χ0n) is 19.4. The molecule has 4 rings (SSSR count). The molecule has 2 amide bonds. The van der Waals surface area contributed by atoms with Crippen molar-refractivity contribution < 1.29 is 32.2 Å². The Kier molecular flexibility index (Phi) is 6.06. The van der Waals surface area contributed by atoms with E-state index in [4.69, 9.17) is 15.2 Å². The lowest BCUT2D eigenvalue weighted by molar-refractivity contribution is -0.140. The number of aromatic amines is 1. The van der Waals surface area contributed by atoms with Gasteiger partial charge < -0.3 is 25.1 Å². The first kappa shape index (κ1) is 24.6. The van der Waals surface area contributed by atoms with Gasteiger partial charge in [0.1, 0.15) is 22.6 Å². The summed E-state index contributed by atoms with van der Waals surface area (Å²) in [7, 11) is 0. The van der Waals surface area contributed by atoms with E-state index in [1.54, 1.807) is 9.88 Å². The molecule has 1 saturated carbocycles. The van der Waals surface area contributed by atoms with Crippen LogP contribution in [0.4, 0.5) is 18.0 Å². The van der Waals surface area contributed by atoms with Gasteiger partial charge in [0, 0.05) is 24.6 Å². The van der Waals surface area contributed by atoms with E-state index < -0.39 is 34.5 Å². The summed E-state index contributed by atoms with van der Waals surface area (Å²) in [5, 5.41) is 0. The third-order valence-corrected chi connectivity index (χ3v) is 6.22. The highest BCUT2D eigenvalue weighted by Gasteiger charge is 2.57. The van der Waals surface area contributed by atoms with Gasteiger partial charge in [-0.15, -0.1) is 0 Å². The molecule has 0 bridgehead atoms. The Morgan fingerprint density at radius 1 is 1.11 bits per heavy atom. The van der Waals surface area contributed by atoms with Crippen molar-refractivity contribution in [3.63, 3.8) is 0 Å². The lowest BCUT2D eigenvalue weighted by atomic mass is 10.0. The number of carbonyl (C=O) groups is 2. The number of primary amides is 1. The number of amides is 2. The number of nitrogens with two attached hydrogens (primary N) is 1. The number of pyridine rings is 1. The Balaban J connectivity index is 1.39. The number of carbonyl (C=O) groups excluding carboxylic acids is 2. The molecule has 1 aromatic carbocycles. The molecule has 2 heterocycles. The topological polar surface area (TPSA) is 115 Å². The van der Waals surface area contributed by atoms with Crippen molar-refractivity contribution >= 4 is 12.0 Å². The van der Waals surface area contributed by atoms with E-state index in [1.807, 2.05) is 20.8 Å². The van der Waals surface area contributed by atoms with Crippen molar-refractivity contribution in [3.8, 4) is 16.9 Å². The molecule has 0 spiro atoms. The number of aromatic nitrogens is 1. The molecule has 188 valence electrons. The molecule has 1 aliphatic heterocycles. The zero-order valence-corrected chi connectivity index (χ0v) is 19.4. The molecule has 3 N–H and O–H groups in total. The van der Waals surface area contributed by atoms with Gasteiger partial charge in [-0.05, 0) is 56.4 Å². The maximum Gasteiger partial charge on any atom is 0.431 e. The predicted octanol–water partition coefficient (Wildman–Crippen LogP) is 3.65. The van der Waals surface area contributed by atoms with Gasteiger partial charge >= 0.3 is 12.3 Å². The smallest absolute Gasteiger partial charge is 0.431 e. The summed E-state index contributed by atoms with van der Waals surface area (Å²) < 4.78 is 51.6. The van der Waals surface area contributed by atoms with Crippen molar-refractivity contribution in [2.75, 3.05) is 19.7 Å². The van der Waals surface area contributed by atoms with Crippen LogP contribution in [0.2, 0.25) is 0 Å². The Morgan fingerprint density at radius 2 is 1.71 bits per heavy atom. The van der Waals surface area contributed by atoms with E-state index in [1.165, 1.54) is 24.3 Å². The van der Waals surface area contributed by atoms with Gasteiger partial charge in [-0.1, -0.05) is 12.1 Å². The minimum Gasteiger partial charge on any atom is -0.493 e. The van der Waals surface area contributed by atoms with Crippen LogP contribution >= 0.6 is 0 Å². The van der Waals surface area contributed by atoms with E-state index >= 15 is 0 Å². The fourth-order valence-electron chi connectivity index (χ4n) is 4.46. The van der Waals surface area contributed by atoms with Crippen LogP contribution in [0.5, 0.6) is 5.75 Å². The molecule has 1 aliphatic carbocycles. The highest BCUT2D eigenvalue weighted by Crippen LogP contribution is 2.52. The maximum atomic E-state index is 13.5. The minimum atomic E-state index is -4.84. The van der Waals surface area contributed by atoms with Gasteiger partial charge in [0.25, 0.3) is 11.5 Å². The Bertz CT molecular complexity index is 1190. The number of likely N-dealkylation sites (tertiary alicyclic amines) is 1. The van der Waals surface area contributed by atoms with Crippen molar-refractivity contribution in [1.29, 1.82) is 0 Å². The molecule has 1 saturated heterocycles. The summed E-state index contributed by atoms with van der Waals surface area (Å²) in [5.41, 5.74) is 1.32. The number of fused-ring (bicyclic) bond motifs is 1. The fraction of sp³-hybridized carbons (Fsp3) is 0.458. The van der Waals surface area contributed by atoms with Gasteiger partial charge in [0.15, 0.2) is 0 Å². The number of alkyl halides is 3. The molecule has 1 aromatic heterocycles. The summed E-state index contributed by atoms with van der Waals surface area (Å²) in [6.45, 7) is 7.11. The standard InChI is InChI=1S/C24H26F3N3O5/c1-23(2,3)35-22(33)30-9-16-17(10-30)18(16)11-34-13-6-4-12(5-7-13)14-8-15(20(28)31)21(32)29-19(14)24(25,26)27/h4-8,16-18H,9-11H2,1-3H3,(H2,28,31)(H,29,32). The van der Waals surface area contributed by atoms with Crippen LogP contribution in [-0.4, -0.2) is 47.2 Å². The zero-order chi connectivity index (χ0) is 25.7. The molecule has 2 fully saturated rings. The van der Waals surface area contributed by atoms with Gasteiger partial charge in [-0.3, -0.25) is 9.59 Å². The third kappa shape index (κ3) is 5.28. The second-order valence-corrected chi connectivity index (χ2v) is 9.88. The largest absolute Gasteiger partial charge is 0.493 e. The number of H-pyrrole nitrogens is 1. The second-order valence-electron chi connectivity index (χ2n) is 9.88. The number of benzene rings is 1. The van der Waals surface area contributed by atoms with Crippen molar-refractivity contribution in [2.24, 2.45) is 23.5 Å². The fourth-order valence-corrected chi connectivity index (χ4v) is 4.46. The van der Waals surface area contributed by atoms with E-state index in [0.717, 1.165) is 6.07 Å². The number of hydrogen-bond donors (Lipinski definition) is 2. The average Bonchev–Trinajstić information content (AvgIpc) is 3.18. The first-order valence-corrected chi connectivity index (χ1v) is 11.1. The minimum absolute atomic E-state index is 0.139. The van der Waals surface area contributed by atoms with Crippen molar-refractivity contribution in [2.45, 2.75) is 32.5 Å². The van der Waals surface area contributed by atoms with Crippen molar-refractivity contribution in [1.82, 2.24) is 9.88 Å². The molecule has 8 nitrogen and oxygen atoms in total. The highest BCUT2D eigenvalue weighted by atomic mass is 19.4. The monoisotopic (exact) mass is 493 g/mol. The van der Waals surface area contributed by atoms with E-state index in [-0.39, 0.29) is 17.2 Å². The van der Waals surface area contributed by atoms with Gasteiger partial charge in [0.05, 0.1) is 6.61 Å². The van der Waals surface area contributed by atoms with E-state index in [9.17, 15) is 27.6 Å². The lowest BCUT2D eigenvalue weighted by Gasteiger charge is -2.25. The van der Waals surface area contributed by atoms with Crippen LogP contribution in [0.3, 0.4) is 0 Å². The molecule has 2 aliphatic rings. The quantitative estimate of drug-likeness (QED) is 0.660. The normalized spacial score (nSPS) is 21.4. The Hall–Kier alpha value is -3.50. The molecule has 2 unspecified atom stereocenters. The summed E-state index contributed by atoms with van der Waals surface area (Å²) >= 11 is 0. The van der Waals surface area contributed by atoms with Crippen LogP contribution in [0.1, 0.15) is 36.8 Å². The number of halogens is 3. The summed E-state index contributed by atoms with van der Waals surface area (Å²) in [5.74, 6) is 0.314. The van der Waals surface area contributed by atoms with E-state index in [2.05, 4.69) is 0 Å². The Labute approximate surface area is 199 Å². The summed E-state index contributed by atoms with van der Waals surface area (Å²) in [4.78, 5) is 38.9. The average molecular weight is 493 g/mol. The number of nitrogens with one attached hydrogen (secondary N) is 1. The summed E-state index contributed by atoms with van der Waals surface area (Å²) in [6, 6.07) is 6.73. The van der Waals surface area contributed by atoms with Crippen LogP contribution in [0.25, 0.3) is 11.1 Å². The van der Waals surface area contributed by atoms with E-state index in [0.29, 0.717) is 43.2 Å². The van der Waals surface area contributed by atoms with Gasteiger partial charge in [0.2, 0.25) is 0 Å². The predicted molar refractivity (Wildman–Crippen MR) is 120 cm³/mol. The number of hydrogen-bond acceptors (Lipinski definition) is 5. The van der Waals surface area contributed by atoms with Gasteiger partial charge in [-0.2, -0.15) is 13.2 Å². The molecule has 2 aromatic rings. The number of piperidine rings is 1. The van der Waals surface area contributed by atoms with Crippen LogP contribution < -0.4 is 16.0 Å². The second kappa shape index (κ2) is 8.62. The SMILES string of the molecule is CC(C)(C)OC(=O)N1CC2C(COc3ccc(-c4cc(C(N)=O)c(=O)[nH]c4C(F)(F)F)cc3)C2C1. The molecular formula is C24H26F3N3O5. The first-order chi connectivity index (χ1) is 16.2. The summed E-state index contributed by atoms with van der Waals surface area (Å²) in [6.07, 6.45) is -5.16. The highest BCUT2D eigenvalue weighted by molar-refractivity contribution is 5.94. The lowest BCUT2D eigenvalue weighted by Crippen LogP contribution is -2.37. The molecular weight excluding hydrogens is 467 g/mol. The molecule has 35 heavy (non-hydrogen) atoms. The third-order valence-electron chi connectivity index (χ3n) is 6.22. The molecule has 11 heteroatoms. The first-order valence-electron chi connectivity index (χ1n) is 11.1. The number of rotatable bonds is 5.